The first kappa shape index (κ1) is 20.1. The number of allylic oxidation sites excluding steroid dienone is 2. The standard InChI is InChI=1S/C26H30F2O/c1-2-3-4-5-18-6-14-24-21(16-18)7-8-22-17-20(11-15-25(22)24)19-9-12-23(13-10-19)29-26(27)28/h4-5,7-10,12-13,18,20,26H,2-3,6,11,14-17H2,1H3/b5-4+. The van der Waals surface area contributed by atoms with Gasteiger partial charge in [-0.3, -0.25) is 0 Å². The van der Waals surface area contributed by atoms with Gasteiger partial charge in [0.2, 0.25) is 0 Å². The lowest BCUT2D eigenvalue weighted by atomic mass is 9.74. The molecule has 0 heterocycles. The van der Waals surface area contributed by atoms with Gasteiger partial charge in [0.15, 0.2) is 0 Å². The number of unbranched alkanes of at least 4 members (excludes halogenated alkanes) is 1. The molecule has 1 nitrogen and oxygen atoms in total. The fourth-order valence-corrected chi connectivity index (χ4v) is 5.02. The number of fused-ring (bicyclic) bond motifs is 3. The molecule has 0 saturated carbocycles. The second-order valence-electron chi connectivity index (χ2n) is 8.45. The molecule has 2 aliphatic rings. The number of benzene rings is 2. The van der Waals surface area contributed by atoms with E-state index in [1.54, 1.807) is 28.8 Å². The largest absolute Gasteiger partial charge is 0.435 e. The average Bonchev–Trinajstić information content (AvgIpc) is 2.73. The molecule has 0 fully saturated rings. The predicted molar refractivity (Wildman–Crippen MR) is 114 cm³/mol. The van der Waals surface area contributed by atoms with Gasteiger partial charge in [0.1, 0.15) is 5.75 Å². The Kier molecular flexibility index (Phi) is 6.32. The monoisotopic (exact) mass is 396 g/mol. The molecule has 3 heteroatoms. The lowest BCUT2D eigenvalue weighted by molar-refractivity contribution is -0.0498. The van der Waals surface area contributed by atoms with Crippen molar-refractivity contribution in [2.45, 2.75) is 70.8 Å². The van der Waals surface area contributed by atoms with Crippen LogP contribution in [0.15, 0.2) is 48.6 Å². The zero-order valence-electron chi connectivity index (χ0n) is 17.2. The average molecular weight is 397 g/mol. The maximum atomic E-state index is 12.4. The first-order chi connectivity index (χ1) is 14.1. The van der Waals surface area contributed by atoms with Crippen LogP contribution in [0.3, 0.4) is 0 Å². The molecule has 0 aromatic heterocycles. The van der Waals surface area contributed by atoms with Crippen LogP contribution >= 0.6 is 0 Å². The summed E-state index contributed by atoms with van der Waals surface area (Å²) in [5, 5.41) is 0. The van der Waals surface area contributed by atoms with Crippen LogP contribution in [0.4, 0.5) is 8.78 Å². The summed E-state index contributed by atoms with van der Waals surface area (Å²) < 4.78 is 29.2. The highest BCUT2D eigenvalue weighted by Gasteiger charge is 2.26. The van der Waals surface area contributed by atoms with Crippen molar-refractivity contribution in [3.8, 4) is 5.75 Å². The Morgan fingerprint density at radius 1 is 0.966 bits per heavy atom. The molecule has 2 atom stereocenters. The molecule has 4 rings (SSSR count). The van der Waals surface area contributed by atoms with E-state index in [1.807, 2.05) is 12.1 Å². The molecule has 2 unspecified atom stereocenters. The summed E-state index contributed by atoms with van der Waals surface area (Å²) in [7, 11) is 0. The summed E-state index contributed by atoms with van der Waals surface area (Å²) >= 11 is 0. The van der Waals surface area contributed by atoms with E-state index in [2.05, 4.69) is 35.9 Å². The molecule has 0 amide bonds. The molecule has 2 aromatic carbocycles. The van der Waals surface area contributed by atoms with Crippen LogP contribution in [0.2, 0.25) is 0 Å². The summed E-state index contributed by atoms with van der Waals surface area (Å²) in [5.74, 6) is 1.38. The lowest BCUT2D eigenvalue weighted by Gasteiger charge is -2.31. The number of rotatable bonds is 6. The molecule has 0 bridgehead atoms. The molecule has 0 aliphatic heterocycles. The second kappa shape index (κ2) is 9.11. The van der Waals surface area contributed by atoms with E-state index in [9.17, 15) is 8.78 Å². The molecule has 0 spiro atoms. The Morgan fingerprint density at radius 2 is 1.66 bits per heavy atom. The number of hydrogen-bond donors (Lipinski definition) is 0. The van der Waals surface area contributed by atoms with Crippen LogP contribution in [0.1, 0.15) is 66.3 Å². The van der Waals surface area contributed by atoms with Crippen LogP contribution < -0.4 is 4.74 Å². The van der Waals surface area contributed by atoms with Crippen molar-refractivity contribution in [1.29, 1.82) is 0 Å². The zero-order valence-corrected chi connectivity index (χ0v) is 17.2. The smallest absolute Gasteiger partial charge is 0.387 e. The molecule has 0 radical (unpaired) electrons. The van der Waals surface area contributed by atoms with Gasteiger partial charge in [-0.05, 0) is 96.7 Å². The molecular weight excluding hydrogens is 366 g/mol. The molecular formula is C26H30F2O. The second-order valence-corrected chi connectivity index (χ2v) is 8.45. The third-order valence-corrected chi connectivity index (χ3v) is 6.52. The number of alkyl halides is 2. The van der Waals surface area contributed by atoms with Gasteiger partial charge >= 0.3 is 6.61 Å². The first-order valence-corrected chi connectivity index (χ1v) is 11.0. The van der Waals surface area contributed by atoms with Crippen LogP contribution in [0.25, 0.3) is 0 Å². The van der Waals surface area contributed by atoms with Gasteiger partial charge in [-0.2, -0.15) is 8.78 Å². The van der Waals surface area contributed by atoms with Gasteiger partial charge in [-0.1, -0.05) is 49.8 Å². The number of hydrogen-bond acceptors (Lipinski definition) is 1. The molecule has 29 heavy (non-hydrogen) atoms. The molecule has 0 N–H and O–H groups in total. The van der Waals surface area contributed by atoms with E-state index >= 15 is 0 Å². The summed E-state index contributed by atoms with van der Waals surface area (Å²) in [6.45, 7) is -0.540. The quantitative estimate of drug-likeness (QED) is 0.477. The molecule has 0 saturated heterocycles. The van der Waals surface area contributed by atoms with Crippen molar-refractivity contribution < 1.29 is 13.5 Å². The Bertz CT molecular complexity index is 854. The normalized spacial score (nSPS) is 21.2. The maximum absolute atomic E-state index is 12.4. The van der Waals surface area contributed by atoms with Crippen molar-refractivity contribution in [1.82, 2.24) is 0 Å². The van der Waals surface area contributed by atoms with Gasteiger partial charge in [0.25, 0.3) is 0 Å². The van der Waals surface area contributed by atoms with E-state index in [0.29, 0.717) is 11.8 Å². The third kappa shape index (κ3) is 4.71. The number of ether oxygens (including phenoxy) is 1. The summed E-state index contributed by atoms with van der Waals surface area (Å²) in [5.41, 5.74) is 7.45. The third-order valence-electron chi connectivity index (χ3n) is 6.52. The Balaban J connectivity index is 1.46. The van der Waals surface area contributed by atoms with Crippen molar-refractivity contribution in [3.63, 3.8) is 0 Å². The summed E-state index contributed by atoms with van der Waals surface area (Å²) in [4.78, 5) is 0. The molecule has 2 aromatic rings. The molecule has 154 valence electrons. The van der Waals surface area contributed by atoms with Gasteiger partial charge in [0.05, 0.1) is 0 Å². The molecule has 2 aliphatic carbocycles. The van der Waals surface area contributed by atoms with E-state index in [-0.39, 0.29) is 5.75 Å². The van der Waals surface area contributed by atoms with Crippen molar-refractivity contribution >= 4 is 0 Å². The predicted octanol–water partition coefficient (Wildman–Crippen LogP) is 7.02. The van der Waals surface area contributed by atoms with Crippen molar-refractivity contribution in [2.75, 3.05) is 0 Å². The van der Waals surface area contributed by atoms with Crippen LogP contribution in [-0.2, 0) is 25.7 Å². The van der Waals surface area contributed by atoms with E-state index in [1.165, 1.54) is 43.2 Å². The van der Waals surface area contributed by atoms with E-state index in [0.717, 1.165) is 19.3 Å². The van der Waals surface area contributed by atoms with Crippen molar-refractivity contribution in [2.24, 2.45) is 5.92 Å². The minimum atomic E-state index is -2.77. The lowest BCUT2D eigenvalue weighted by Crippen LogP contribution is -2.20. The Hall–Kier alpha value is -2.16. The topological polar surface area (TPSA) is 9.23 Å². The fraction of sp³-hybridized carbons (Fsp3) is 0.462. The van der Waals surface area contributed by atoms with E-state index < -0.39 is 6.61 Å². The summed E-state index contributed by atoms with van der Waals surface area (Å²) in [6.07, 6.45) is 14.1. The highest BCUT2D eigenvalue weighted by molar-refractivity contribution is 5.46. The van der Waals surface area contributed by atoms with Crippen LogP contribution in [0.5, 0.6) is 5.75 Å². The zero-order chi connectivity index (χ0) is 20.2. The minimum Gasteiger partial charge on any atom is -0.435 e. The fourth-order valence-electron chi connectivity index (χ4n) is 5.02. The highest BCUT2D eigenvalue weighted by Crippen LogP contribution is 2.38. The highest BCUT2D eigenvalue weighted by atomic mass is 19.3. The maximum Gasteiger partial charge on any atom is 0.387 e. The van der Waals surface area contributed by atoms with Gasteiger partial charge in [-0.25, -0.2) is 0 Å². The van der Waals surface area contributed by atoms with E-state index in [4.69, 9.17) is 0 Å². The van der Waals surface area contributed by atoms with Crippen LogP contribution in [0, 0.1) is 5.92 Å². The van der Waals surface area contributed by atoms with Gasteiger partial charge in [0, 0.05) is 0 Å². The van der Waals surface area contributed by atoms with Crippen LogP contribution in [-0.4, -0.2) is 6.61 Å². The SMILES string of the molecule is CCC/C=C/C1CCc2c(ccc3c2CCC(c2ccc(OC(F)F)cc2)C3)C1. The minimum absolute atomic E-state index is 0.233. The Morgan fingerprint density at radius 3 is 2.34 bits per heavy atom. The van der Waals surface area contributed by atoms with Gasteiger partial charge in [-0.15, -0.1) is 0 Å². The summed E-state index contributed by atoms with van der Waals surface area (Å²) in [6, 6.07) is 11.9. The Labute approximate surface area is 172 Å². The first-order valence-electron chi connectivity index (χ1n) is 11.0. The number of halogens is 2. The van der Waals surface area contributed by atoms with Crippen molar-refractivity contribution in [3.05, 3.63) is 76.4 Å². The van der Waals surface area contributed by atoms with Gasteiger partial charge < -0.3 is 4.74 Å².